The Morgan fingerprint density at radius 3 is 2.49 bits per heavy atom. The number of hydrogen-bond acceptors (Lipinski definition) is 7. The van der Waals surface area contributed by atoms with Crippen molar-refractivity contribution in [3.05, 3.63) is 36.4 Å². The van der Waals surface area contributed by atoms with Crippen LogP contribution in [-0.4, -0.2) is 73.1 Å². The minimum Gasteiger partial charge on any atom is -0.376 e. The number of ether oxygens (including phenoxy) is 1. The fourth-order valence-electron chi connectivity index (χ4n) is 5.22. The van der Waals surface area contributed by atoms with Gasteiger partial charge in [-0.15, -0.1) is 0 Å². The maximum atomic E-state index is 5.70. The van der Waals surface area contributed by atoms with Crippen molar-refractivity contribution in [2.24, 2.45) is 0 Å². The second kappa shape index (κ2) is 11.4. The SMILES string of the molecule is C[C@@H]1CCCCN1c1cc(N2CCN(c3ccccc3)CC2)nc(NC(=S)NC[C@H]2CCCO2)n1. The van der Waals surface area contributed by atoms with E-state index in [1.807, 2.05) is 0 Å². The van der Waals surface area contributed by atoms with Crippen LogP contribution in [0.1, 0.15) is 39.0 Å². The van der Waals surface area contributed by atoms with Gasteiger partial charge >= 0.3 is 0 Å². The molecule has 9 heteroatoms. The number of aromatic nitrogens is 2. The van der Waals surface area contributed by atoms with E-state index in [2.05, 4.69) is 68.7 Å². The van der Waals surface area contributed by atoms with Gasteiger partial charge in [0.15, 0.2) is 5.11 Å². The first-order chi connectivity index (χ1) is 17.2. The molecule has 1 aromatic heterocycles. The van der Waals surface area contributed by atoms with E-state index in [-0.39, 0.29) is 6.10 Å². The molecule has 2 aromatic rings. The zero-order chi connectivity index (χ0) is 24.0. The molecule has 0 unspecified atom stereocenters. The second-order valence-electron chi connectivity index (χ2n) is 9.73. The number of thiocarbonyl (C=S) groups is 1. The van der Waals surface area contributed by atoms with Crippen LogP contribution >= 0.6 is 12.2 Å². The first-order valence-electron chi connectivity index (χ1n) is 13.0. The highest BCUT2D eigenvalue weighted by Gasteiger charge is 2.24. The number of nitrogens with one attached hydrogen (secondary N) is 2. The van der Waals surface area contributed by atoms with Crippen LogP contribution < -0.4 is 25.3 Å². The molecule has 3 saturated heterocycles. The number of para-hydroxylation sites is 1. The molecule has 5 rings (SSSR count). The van der Waals surface area contributed by atoms with E-state index in [1.165, 1.54) is 24.9 Å². The highest BCUT2D eigenvalue weighted by atomic mass is 32.1. The van der Waals surface area contributed by atoms with Crippen molar-refractivity contribution in [1.82, 2.24) is 15.3 Å². The van der Waals surface area contributed by atoms with Crippen molar-refractivity contribution in [2.45, 2.75) is 51.2 Å². The fourth-order valence-corrected chi connectivity index (χ4v) is 5.39. The van der Waals surface area contributed by atoms with Crippen molar-refractivity contribution in [3.63, 3.8) is 0 Å². The molecule has 3 aliphatic rings. The fraction of sp³-hybridized carbons (Fsp3) is 0.577. The predicted octanol–water partition coefficient (Wildman–Crippen LogP) is 3.65. The summed E-state index contributed by atoms with van der Waals surface area (Å²) in [5, 5.41) is 7.08. The maximum absolute atomic E-state index is 5.70. The van der Waals surface area contributed by atoms with Gasteiger partial charge in [0.2, 0.25) is 5.95 Å². The molecule has 0 bridgehead atoms. The summed E-state index contributed by atoms with van der Waals surface area (Å²) in [5.74, 6) is 2.51. The molecule has 0 amide bonds. The molecule has 0 radical (unpaired) electrons. The van der Waals surface area contributed by atoms with E-state index in [0.29, 0.717) is 23.6 Å². The van der Waals surface area contributed by atoms with E-state index in [9.17, 15) is 0 Å². The highest BCUT2D eigenvalue weighted by Crippen LogP contribution is 2.28. The summed E-state index contributed by atoms with van der Waals surface area (Å²) in [6, 6.07) is 13.3. The van der Waals surface area contributed by atoms with Crippen LogP contribution in [0.4, 0.5) is 23.3 Å². The van der Waals surface area contributed by atoms with Crippen molar-refractivity contribution in [2.75, 3.05) is 65.9 Å². The average Bonchev–Trinajstić information content (AvgIpc) is 3.42. The molecule has 2 N–H and O–H groups in total. The number of piperazine rings is 1. The summed E-state index contributed by atoms with van der Waals surface area (Å²) in [6.07, 6.45) is 6.09. The quantitative estimate of drug-likeness (QED) is 0.585. The standard InChI is InChI=1S/C26H37N7OS/c1-20-8-5-6-12-33(20)24-18-23(32-15-13-31(14-16-32)21-9-3-2-4-10-21)28-25(29-24)30-26(35)27-19-22-11-7-17-34-22/h2-4,9-10,18,20,22H,5-8,11-17,19H2,1H3,(H2,27,28,29,30,35)/t20-,22-/m1/s1. The lowest BCUT2D eigenvalue weighted by atomic mass is 10.0. The number of anilines is 4. The maximum Gasteiger partial charge on any atom is 0.232 e. The zero-order valence-corrected chi connectivity index (χ0v) is 21.5. The van der Waals surface area contributed by atoms with Gasteiger partial charge in [-0.1, -0.05) is 18.2 Å². The largest absolute Gasteiger partial charge is 0.376 e. The van der Waals surface area contributed by atoms with Crippen molar-refractivity contribution >= 4 is 40.6 Å². The van der Waals surface area contributed by atoms with Crippen LogP contribution in [0.5, 0.6) is 0 Å². The lowest BCUT2D eigenvalue weighted by molar-refractivity contribution is 0.114. The molecular formula is C26H37N7OS. The number of benzene rings is 1. The topological polar surface area (TPSA) is 68.8 Å². The predicted molar refractivity (Wildman–Crippen MR) is 147 cm³/mol. The van der Waals surface area contributed by atoms with Crippen molar-refractivity contribution in [3.8, 4) is 0 Å². The van der Waals surface area contributed by atoms with E-state index in [1.54, 1.807) is 0 Å². The Morgan fingerprint density at radius 1 is 0.971 bits per heavy atom. The van der Waals surface area contributed by atoms with Crippen LogP contribution in [0.15, 0.2) is 36.4 Å². The Hall–Kier alpha value is -2.65. The Kier molecular flexibility index (Phi) is 7.83. The number of rotatable bonds is 6. The molecule has 3 aliphatic heterocycles. The molecule has 3 fully saturated rings. The Labute approximate surface area is 214 Å². The minimum atomic E-state index is 0.229. The molecule has 1 aromatic carbocycles. The van der Waals surface area contributed by atoms with Gasteiger partial charge in [0.05, 0.1) is 6.10 Å². The van der Waals surface area contributed by atoms with E-state index in [4.69, 9.17) is 26.9 Å². The van der Waals surface area contributed by atoms with Gasteiger partial charge in [0.1, 0.15) is 11.6 Å². The van der Waals surface area contributed by atoms with Gasteiger partial charge in [0, 0.05) is 63.7 Å². The van der Waals surface area contributed by atoms with E-state index >= 15 is 0 Å². The molecule has 188 valence electrons. The molecule has 0 saturated carbocycles. The van der Waals surface area contributed by atoms with Gasteiger partial charge in [-0.3, -0.25) is 0 Å². The van der Waals surface area contributed by atoms with Crippen LogP contribution in [0.3, 0.4) is 0 Å². The van der Waals surface area contributed by atoms with E-state index in [0.717, 1.165) is 63.8 Å². The summed E-state index contributed by atoms with van der Waals surface area (Å²) in [5.41, 5.74) is 1.28. The third-order valence-electron chi connectivity index (χ3n) is 7.26. The van der Waals surface area contributed by atoms with Gasteiger partial charge < -0.3 is 30.1 Å². The summed E-state index contributed by atoms with van der Waals surface area (Å²) in [7, 11) is 0. The van der Waals surface area contributed by atoms with Crippen molar-refractivity contribution < 1.29 is 4.74 Å². The van der Waals surface area contributed by atoms with Crippen LogP contribution in [0.25, 0.3) is 0 Å². The van der Waals surface area contributed by atoms with Crippen LogP contribution in [0, 0.1) is 0 Å². The smallest absolute Gasteiger partial charge is 0.232 e. The van der Waals surface area contributed by atoms with E-state index < -0.39 is 0 Å². The highest BCUT2D eigenvalue weighted by molar-refractivity contribution is 7.80. The van der Waals surface area contributed by atoms with Gasteiger partial charge in [0.25, 0.3) is 0 Å². The lowest BCUT2D eigenvalue weighted by Gasteiger charge is -2.38. The average molecular weight is 496 g/mol. The summed E-state index contributed by atoms with van der Waals surface area (Å²) < 4.78 is 5.70. The molecule has 0 aliphatic carbocycles. The van der Waals surface area contributed by atoms with Crippen LogP contribution in [-0.2, 0) is 4.74 Å². The Balaban J connectivity index is 1.30. The number of nitrogens with zero attached hydrogens (tertiary/aromatic N) is 5. The number of piperidine rings is 1. The molecule has 35 heavy (non-hydrogen) atoms. The normalized spacial score (nSPS) is 22.8. The summed E-state index contributed by atoms with van der Waals surface area (Å²) in [6.45, 7) is 8.64. The molecule has 8 nitrogen and oxygen atoms in total. The molecule has 0 spiro atoms. The molecule has 2 atom stereocenters. The van der Waals surface area contributed by atoms with Crippen LogP contribution in [0.2, 0.25) is 0 Å². The van der Waals surface area contributed by atoms with Crippen molar-refractivity contribution in [1.29, 1.82) is 0 Å². The zero-order valence-electron chi connectivity index (χ0n) is 20.7. The third kappa shape index (κ3) is 6.13. The minimum absolute atomic E-state index is 0.229. The number of hydrogen-bond donors (Lipinski definition) is 2. The first-order valence-corrected chi connectivity index (χ1v) is 13.4. The summed E-state index contributed by atoms with van der Waals surface area (Å²) >= 11 is 5.57. The molecule has 4 heterocycles. The third-order valence-corrected chi connectivity index (χ3v) is 7.51. The Morgan fingerprint density at radius 2 is 1.74 bits per heavy atom. The summed E-state index contributed by atoms with van der Waals surface area (Å²) in [4.78, 5) is 17.0. The van der Waals surface area contributed by atoms with Gasteiger partial charge in [-0.05, 0) is 63.4 Å². The van der Waals surface area contributed by atoms with Gasteiger partial charge in [-0.2, -0.15) is 9.97 Å². The van der Waals surface area contributed by atoms with Gasteiger partial charge in [-0.25, -0.2) is 0 Å². The lowest BCUT2D eigenvalue weighted by Crippen LogP contribution is -2.47. The second-order valence-corrected chi connectivity index (χ2v) is 10.1. The Bertz CT molecular complexity index is 977. The molecular weight excluding hydrogens is 458 g/mol. The first kappa shape index (κ1) is 24.1. The monoisotopic (exact) mass is 495 g/mol.